The zero-order valence-corrected chi connectivity index (χ0v) is 17.5. The second-order valence-electron chi connectivity index (χ2n) is 9.10. The van der Waals surface area contributed by atoms with Crippen molar-refractivity contribution in [2.24, 2.45) is 0 Å². The molecule has 0 bridgehead atoms. The Kier molecular flexibility index (Phi) is 4.96. The van der Waals surface area contributed by atoms with E-state index < -0.39 is 35.7 Å². The lowest BCUT2D eigenvalue weighted by Crippen LogP contribution is -2.41. The maximum atomic E-state index is 14.7. The summed E-state index contributed by atoms with van der Waals surface area (Å²) >= 11 is 0. The van der Waals surface area contributed by atoms with Gasteiger partial charge in [-0.2, -0.15) is 0 Å². The number of ether oxygens (including phenoxy) is 1. The zero-order valence-electron chi connectivity index (χ0n) is 17.5. The third kappa shape index (κ3) is 4.01. The molecular formula is C21H27BFNO4. The second-order valence-corrected chi connectivity index (χ2v) is 9.10. The van der Waals surface area contributed by atoms with E-state index in [1.165, 1.54) is 10.6 Å². The van der Waals surface area contributed by atoms with E-state index in [1.54, 1.807) is 30.5 Å². The predicted octanol–water partition coefficient (Wildman–Crippen LogP) is 5.37. The van der Waals surface area contributed by atoms with Crippen LogP contribution < -0.4 is 0 Å². The SMILES string of the molecule is CC(C)(C)OC(=O)n1ccc2cc(C=C(F)B3OC(C)(C)C(C)(C)O3)ccc21. The van der Waals surface area contributed by atoms with Crippen LogP contribution in [0.4, 0.5) is 9.18 Å². The molecule has 1 aliphatic rings. The molecule has 1 saturated heterocycles. The van der Waals surface area contributed by atoms with Gasteiger partial charge in [0.15, 0.2) is 0 Å². The number of aromatic nitrogens is 1. The van der Waals surface area contributed by atoms with Gasteiger partial charge in [-0.05, 0) is 78.3 Å². The van der Waals surface area contributed by atoms with Crippen molar-refractivity contribution in [2.75, 3.05) is 0 Å². The fourth-order valence-electron chi connectivity index (χ4n) is 2.90. The van der Waals surface area contributed by atoms with Gasteiger partial charge in [-0.1, -0.05) is 6.07 Å². The van der Waals surface area contributed by atoms with Gasteiger partial charge in [-0.3, -0.25) is 4.57 Å². The molecule has 1 aromatic carbocycles. The first-order chi connectivity index (χ1) is 12.8. The summed E-state index contributed by atoms with van der Waals surface area (Å²) in [5, 5.41) is 0.807. The van der Waals surface area contributed by atoms with Gasteiger partial charge >= 0.3 is 13.2 Å². The molecule has 0 saturated carbocycles. The number of carbonyl (C=O) groups excluding carboxylic acids is 1. The molecule has 0 N–H and O–H groups in total. The van der Waals surface area contributed by atoms with E-state index in [-0.39, 0.29) is 0 Å². The minimum Gasteiger partial charge on any atom is -0.443 e. The van der Waals surface area contributed by atoms with Gasteiger partial charge in [0.2, 0.25) is 0 Å². The van der Waals surface area contributed by atoms with E-state index in [0.29, 0.717) is 11.1 Å². The normalized spacial score (nSPS) is 19.3. The van der Waals surface area contributed by atoms with Gasteiger partial charge in [0, 0.05) is 11.6 Å². The minimum atomic E-state index is -1.04. The molecule has 3 rings (SSSR count). The number of rotatable bonds is 2. The molecule has 150 valence electrons. The van der Waals surface area contributed by atoms with Gasteiger partial charge < -0.3 is 14.0 Å². The van der Waals surface area contributed by atoms with Crippen molar-refractivity contribution in [1.82, 2.24) is 4.57 Å². The van der Waals surface area contributed by atoms with Crippen LogP contribution in [0.15, 0.2) is 36.2 Å². The number of benzene rings is 1. The van der Waals surface area contributed by atoms with Gasteiger partial charge in [0.25, 0.3) is 0 Å². The molecule has 2 heterocycles. The summed E-state index contributed by atoms with van der Waals surface area (Å²) < 4.78 is 33.1. The maximum absolute atomic E-state index is 14.7. The largest absolute Gasteiger partial charge is 0.525 e. The van der Waals surface area contributed by atoms with Crippen LogP contribution in [-0.4, -0.2) is 34.6 Å². The predicted molar refractivity (Wildman–Crippen MR) is 109 cm³/mol. The van der Waals surface area contributed by atoms with Crippen LogP contribution in [0.2, 0.25) is 0 Å². The average molecular weight is 387 g/mol. The molecule has 0 atom stereocenters. The Morgan fingerprint density at radius 2 is 1.75 bits per heavy atom. The minimum absolute atomic E-state index is 0.450. The lowest BCUT2D eigenvalue weighted by molar-refractivity contribution is 0.00578. The van der Waals surface area contributed by atoms with Gasteiger partial charge in [0.1, 0.15) is 11.3 Å². The summed E-state index contributed by atoms with van der Waals surface area (Å²) in [7, 11) is -1.04. The first-order valence-electron chi connectivity index (χ1n) is 9.36. The summed E-state index contributed by atoms with van der Waals surface area (Å²) in [6.07, 6.45) is 2.60. The third-order valence-electron chi connectivity index (χ3n) is 5.09. The van der Waals surface area contributed by atoms with Crippen molar-refractivity contribution in [3.05, 3.63) is 41.8 Å². The highest BCUT2D eigenvalue weighted by Gasteiger charge is 2.53. The maximum Gasteiger partial charge on any atom is 0.525 e. The Balaban J connectivity index is 1.84. The molecule has 7 heteroatoms. The number of nitrogens with zero attached hydrogens (tertiary/aromatic N) is 1. The lowest BCUT2D eigenvalue weighted by atomic mass is 9.87. The highest BCUT2D eigenvalue weighted by atomic mass is 19.1. The summed E-state index contributed by atoms with van der Waals surface area (Å²) in [5.74, 6) is 0. The molecule has 28 heavy (non-hydrogen) atoms. The van der Waals surface area contributed by atoms with Crippen molar-refractivity contribution < 1.29 is 23.2 Å². The lowest BCUT2D eigenvalue weighted by Gasteiger charge is -2.32. The molecule has 0 amide bonds. The van der Waals surface area contributed by atoms with Crippen LogP contribution >= 0.6 is 0 Å². The Labute approximate surface area is 165 Å². The molecule has 1 aliphatic heterocycles. The number of hydrogen-bond acceptors (Lipinski definition) is 4. The summed E-state index contributed by atoms with van der Waals surface area (Å²) in [5.41, 5.74) is -0.925. The van der Waals surface area contributed by atoms with Gasteiger partial charge in [-0.15, -0.1) is 0 Å². The highest BCUT2D eigenvalue weighted by molar-refractivity contribution is 6.54. The van der Waals surface area contributed by atoms with Crippen molar-refractivity contribution in [1.29, 1.82) is 0 Å². The Morgan fingerprint density at radius 1 is 1.14 bits per heavy atom. The quantitative estimate of drug-likeness (QED) is 0.651. The molecular weight excluding hydrogens is 360 g/mol. The van der Waals surface area contributed by atoms with Crippen LogP contribution in [0.5, 0.6) is 0 Å². The standard InChI is InChI=1S/C21H27BFNO4/c1-19(2,3)26-18(25)24-11-10-15-12-14(8-9-16(15)24)13-17(23)22-27-20(4,5)21(6,7)28-22/h8-13H,1-7H3. The topological polar surface area (TPSA) is 49.7 Å². The fraction of sp³-hybridized carbons (Fsp3) is 0.476. The van der Waals surface area contributed by atoms with E-state index in [1.807, 2.05) is 48.5 Å². The van der Waals surface area contributed by atoms with Crippen LogP contribution in [0.25, 0.3) is 17.0 Å². The molecule has 0 radical (unpaired) electrons. The van der Waals surface area contributed by atoms with E-state index in [4.69, 9.17) is 14.0 Å². The molecule has 5 nitrogen and oxygen atoms in total. The van der Waals surface area contributed by atoms with E-state index in [0.717, 1.165) is 5.39 Å². The zero-order chi connectivity index (χ0) is 20.9. The van der Waals surface area contributed by atoms with Gasteiger partial charge in [-0.25, -0.2) is 9.18 Å². The Hall–Kier alpha value is -2.12. The number of fused-ring (bicyclic) bond motifs is 1. The molecule has 0 unspecified atom stereocenters. The monoisotopic (exact) mass is 387 g/mol. The second kappa shape index (κ2) is 6.74. The molecule has 0 spiro atoms. The summed E-state index contributed by atoms with van der Waals surface area (Å²) in [4.78, 5) is 12.3. The van der Waals surface area contributed by atoms with Crippen molar-refractivity contribution in [3.8, 4) is 0 Å². The van der Waals surface area contributed by atoms with Crippen LogP contribution in [0, 0.1) is 0 Å². The number of halogens is 1. The Bertz CT molecular complexity index is 924. The fourth-order valence-corrected chi connectivity index (χ4v) is 2.90. The molecule has 1 fully saturated rings. The van der Waals surface area contributed by atoms with E-state index in [9.17, 15) is 9.18 Å². The van der Waals surface area contributed by atoms with Gasteiger partial charge in [0.05, 0.1) is 16.7 Å². The van der Waals surface area contributed by atoms with Crippen molar-refractivity contribution in [3.63, 3.8) is 0 Å². The van der Waals surface area contributed by atoms with Crippen LogP contribution in [-0.2, 0) is 14.0 Å². The average Bonchev–Trinajstić information content (AvgIpc) is 3.03. The molecule has 0 aliphatic carbocycles. The molecule has 2 aromatic rings. The molecule has 1 aromatic heterocycles. The van der Waals surface area contributed by atoms with Crippen LogP contribution in [0.1, 0.15) is 54.0 Å². The van der Waals surface area contributed by atoms with Crippen molar-refractivity contribution in [2.45, 2.75) is 65.3 Å². The highest BCUT2D eigenvalue weighted by Crippen LogP contribution is 2.39. The number of carbonyl (C=O) groups is 1. The Morgan fingerprint density at radius 3 is 2.32 bits per heavy atom. The number of hydrogen-bond donors (Lipinski definition) is 0. The van der Waals surface area contributed by atoms with E-state index in [2.05, 4.69) is 0 Å². The first kappa shape index (κ1) is 20.6. The summed E-state index contributed by atoms with van der Waals surface area (Å²) in [6.45, 7) is 13.0. The van der Waals surface area contributed by atoms with Crippen molar-refractivity contribution >= 4 is 30.2 Å². The smallest absolute Gasteiger partial charge is 0.443 e. The van der Waals surface area contributed by atoms with E-state index >= 15 is 0 Å². The third-order valence-corrected chi connectivity index (χ3v) is 5.09. The summed E-state index contributed by atoms with van der Waals surface area (Å²) in [6, 6.07) is 7.11. The first-order valence-corrected chi connectivity index (χ1v) is 9.36. The van der Waals surface area contributed by atoms with Crippen LogP contribution in [0.3, 0.4) is 0 Å².